The summed E-state index contributed by atoms with van der Waals surface area (Å²) in [7, 11) is 1.58. The molecule has 0 aliphatic carbocycles. The summed E-state index contributed by atoms with van der Waals surface area (Å²) in [6.45, 7) is 1.57. The highest BCUT2D eigenvalue weighted by Crippen LogP contribution is 2.35. The molecule has 0 spiro atoms. The lowest BCUT2D eigenvalue weighted by Gasteiger charge is -2.10. The fourth-order valence-electron chi connectivity index (χ4n) is 3.01. The van der Waals surface area contributed by atoms with E-state index >= 15 is 0 Å². The zero-order chi connectivity index (χ0) is 22.0. The standard InChI is InChI=1S/C23H17ClO6S/c1-13-9-16(7-8-19(13)24)28-12-21(25)29-17-10-18(14-3-5-15(27-2)6-4-14)22-20(11-17)31-23(26)30-22/h3-11H,12H2,1-2H3. The first-order valence-corrected chi connectivity index (χ1v) is 10.4. The van der Waals surface area contributed by atoms with Crippen molar-refractivity contribution in [3.8, 4) is 28.4 Å². The van der Waals surface area contributed by atoms with Gasteiger partial charge in [-0.2, -0.15) is 0 Å². The van der Waals surface area contributed by atoms with Gasteiger partial charge in [-0.3, -0.25) is 0 Å². The first-order valence-electron chi connectivity index (χ1n) is 9.24. The molecule has 0 aliphatic heterocycles. The molecule has 4 aromatic rings. The first-order chi connectivity index (χ1) is 14.9. The Morgan fingerprint density at radius 1 is 1.03 bits per heavy atom. The molecule has 0 aliphatic rings. The van der Waals surface area contributed by atoms with Gasteiger partial charge in [0.15, 0.2) is 12.2 Å². The number of fused-ring (bicyclic) bond motifs is 1. The van der Waals surface area contributed by atoms with E-state index in [9.17, 15) is 9.59 Å². The number of hydrogen-bond donors (Lipinski definition) is 0. The average molecular weight is 457 g/mol. The van der Waals surface area contributed by atoms with E-state index in [0.717, 1.165) is 22.5 Å². The van der Waals surface area contributed by atoms with Crippen molar-refractivity contribution < 1.29 is 23.4 Å². The van der Waals surface area contributed by atoms with Gasteiger partial charge in [0, 0.05) is 16.7 Å². The molecular formula is C23H17ClO6S. The van der Waals surface area contributed by atoms with Crippen LogP contribution >= 0.6 is 22.9 Å². The monoisotopic (exact) mass is 456 g/mol. The van der Waals surface area contributed by atoms with Crippen LogP contribution in [0.15, 0.2) is 63.8 Å². The van der Waals surface area contributed by atoms with Crippen molar-refractivity contribution >= 4 is 39.2 Å². The number of rotatable bonds is 6. The van der Waals surface area contributed by atoms with Gasteiger partial charge in [0.05, 0.1) is 11.8 Å². The molecule has 0 amide bonds. The number of aryl methyl sites for hydroxylation is 1. The third kappa shape index (κ3) is 4.73. The summed E-state index contributed by atoms with van der Waals surface area (Å²) in [6, 6.07) is 15.6. The topological polar surface area (TPSA) is 75.0 Å². The molecule has 1 heterocycles. The highest BCUT2D eigenvalue weighted by molar-refractivity contribution is 7.16. The van der Waals surface area contributed by atoms with E-state index < -0.39 is 10.9 Å². The number of carbonyl (C=O) groups is 1. The second-order valence-electron chi connectivity index (χ2n) is 6.65. The number of esters is 1. The van der Waals surface area contributed by atoms with E-state index in [1.165, 1.54) is 0 Å². The van der Waals surface area contributed by atoms with Crippen LogP contribution in [0.2, 0.25) is 5.02 Å². The number of carbonyl (C=O) groups excluding carboxylic acids is 1. The number of methoxy groups -OCH3 is 1. The molecule has 0 saturated heterocycles. The van der Waals surface area contributed by atoms with Crippen LogP contribution in [0.5, 0.6) is 17.2 Å². The largest absolute Gasteiger partial charge is 0.497 e. The molecule has 0 saturated carbocycles. The van der Waals surface area contributed by atoms with Crippen molar-refractivity contribution in [1.82, 2.24) is 0 Å². The van der Waals surface area contributed by atoms with Crippen molar-refractivity contribution in [2.45, 2.75) is 6.92 Å². The summed E-state index contributed by atoms with van der Waals surface area (Å²) in [6.07, 6.45) is 0. The molecular weight excluding hydrogens is 440 g/mol. The van der Waals surface area contributed by atoms with Crippen molar-refractivity contribution in [1.29, 1.82) is 0 Å². The molecule has 31 heavy (non-hydrogen) atoms. The smallest absolute Gasteiger partial charge is 0.396 e. The van der Waals surface area contributed by atoms with Gasteiger partial charge in [-0.15, -0.1) is 0 Å². The third-order valence-electron chi connectivity index (χ3n) is 4.53. The molecule has 0 fully saturated rings. The SMILES string of the molecule is COc1ccc(-c2cc(OC(=O)COc3ccc(Cl)c(C)c3)cc3sc(=O)oc23)cc1. The van der Waals surface area contributed by atoms with E-state index in [1.807, 2.05) is 19.1 Å². The minimum absolute atomic E-state index is 0.279. The Labute approximate surface area is 186 Å². The van der Waals surface area contributed by atoms with Crippen LogP contribution in [0.25, 0.3) is 21.4 Å². The summed E-state index contributed by atoms with van der Waals surface area (Å²) in [5.74, 6) is 0.921. The molecule has 0 unspecified atom stereocenters. The predicted octanol–water partition coefficient (Wildman–Crippen LogP) is 5.48. The summed E-state index contributed by atoms with van der Waals surface area (Å²) in [5, 5.41) is 0.619. The van der Waals surface area contributed by atoms with Crippen LogP contribution in [0.3, 0.4) is 0 Å². The van der Waals surface area contributed by atoms with Crippen LogP contribution in [0.1, 0.15) is 5.56 Å². The maximum absolute atomic E-state index is 12.3. The molecule has 0 atom stereocenters. The number of halogens is 1. The van der Waals surface area contributed by atoms with E-state index in [2.05, 4.69) is 0 Å². The second-order valence-corrected chi connectivity index (χ2v) is 8.04. The van der Waals surface area contributed by atoms with Crippen molar-refractivity contribution in [3.63, 3.8) is 0 Å². The predicted molar refractivity (Wildman–Crippen MR) is 120 cm³/mol. The van der Waals surface area contributed by atoms with E-state index in [1.54, 1.807) is 49.6 Å². The fourth-order valence-corrected chi connectivity index (χ4v) is 3.85. The lowest BCUT2D eigenvalue weighted by molar-refractivity contribution is -0.136. The maximum atomic E-state index is 12.3. The molecule has 4 rings (SSSR count). The van der Waals surface area contributed by atoms with Crippen molar-refractivity contribution in [2.24, 2.45) is 0 Å². The minimum atomic E-state index is -0.580. The van der Waals surface area contributed by atoms with E-state index in [-0.39, 0.29) is 12.4 Å². The van der Waals surface area contributed by atoms with Gasteiger partial charge in [0.2, 0.25) is 0 Å². The van der Waals surface area contributed by atoms with Crippen molar-refractivity contribution in [3.05, 3.63) is 74.9 Å². The quantitative estimate of drug-likeness (QED) is 0.282. The van der Waals surface area contributed by atoms with Crippen molar-refractivity contribution in [2.75, 3.05) is 13.7 Å². The molecule has 158 valence electrons. The molecule has 0 bridgehead atoms. The van der Waals surface area contributed by atoms with Gasteiger partial charge >= 0.3 is 10.9 Å². The molecule has 3 aromatic carbocycles. The number of benzene rings is 3. The van der Waals surface area contributed by atoms with Crippen LogP contribution in [-0.4, -0.2) is 19.7 Å². The van der Waals surface area contributed by atoms with Crippen LogP contribution in [-0.2, 0) is 4.79 Å². The Morgan fingerprint density at radius 3 is 2.48 bits per heavy atom. The maximum Gasteiger partial charge on any atom is 0.396 e. The lowest BCUT2D eigenvalue weighted by atomic mass is 10.0. The Balaban J connectivity index is 1.57. The molecule has 0 radical (unpaired) electrons. The second kappa shape index (κ2) is 8.83. The molecule has 8 heteroatoms. The zero-order valence-electron chi connectivity index (χ0n) is 16.6. The van der Waals surface area contributed by atoms with Gasteiger partial charge in [0.1, 0.15) is 17.2 Å². The summed E-state index contributed by atoms with van der Waals surface area (Å²) in [5.41, 5.74) is 2.71. The zero-order valence-corrected chi connectivity index (χ0v) is 18.2. The lowest BCUT2D eigenvalue weighted by Crippen LogP contribution is -2.17. The summed E-state index contributed by atoms with van der Waals surface area (Å²) < 4.78 is 22.1. The third-order valence-corrected chi connectivity index (χ3v) is 5.72. The fraction of sp³-hybridized carbons (Fsp3) is 0.130. The Bertz CT molecular complexity index is 1310. The van der Waals surface area contributed by atoms with Crippen LogP contribution < -0.4 is 19.1 Å². The van der Waals surface area contributed by atoms with Gasteiger partial charge < -0.3 is 18.6 Å². The first kappa shape index (κ1) is 21.0. The van der Waals surface area contributed by atoms with E-state index in [0.29, 0.717) is 32.4 Å². The van der Waals surface area contributed by atoms with Crippen LogP contribution in [0.4, 0.5) is 0 Å². The number of hydrogen-bond acceptors (Lipinski definition) is 7. The van der Waals surface area contributed by atoms with Gasteiger partial charge in [-0.25, -0.2) is 9.59 Å². The molecule has 6 nitrogen and oxygen atoms in total. The van der Waals surface area contributed by atoms with E-state index in [4.69, 9.17) is 30.2 Å². The number of ether oxygens (including phenoxy) is 3. The Morgan fingerprint density at radius 2 is 1.77 bits per heavy atom. The normalized spacial score (nSPS) is 10.8. The highest BCUT2D eigenvalue weighted by atomic mass is 35.5. The summed E-state index contributed by atoms with van der Waals surface area (Å²) in [4.78, 5) is 23.7. The molecule has 1 aromatic heterocycles. The highest BCUT2D eigenvalue weighted by Gasteiger charge is 2.15. The van der Waals surface area contributed by atoms with Gasteiger partial charge in [-0.05, 0) is 54.4 Å². The van der Waals surface area contributed by atoms with Crippen LogP contribution in [0, 0.1) is 6.92 Å². The summed E-state index contributed by atoms with van der Waals surface area (Å²) >= 11 is 6.94. The van der Waals surface area contributed by atoms with Gasteiger partial charge in [0.25, 0.3) is 0 Å². The molecule has 0 N–H and O–H groups in total. The Hall–Kier alpha value is -3.29. The average Bonchev–Trinajstić information content (AvgIpc) is 3.14. The Kier molecular flexibility index (Phi) is 5.97. The minimum Gasteiger partial charge on any atom is -0.497 e. The van der Waals surface area contributed by atoms with Gasteiger partial charge in [-0.1, -0.05) is 35.1 Å².